The lowest BCUT2D eigenvalue weighted by Crippen LogP contribution is -2.39. The summed E-state index contributed by atoms with van der Waals surface area (Å²) in [6.07, 6.45) is 0.637. The second-order valence-electron chi connectivity index (χ2n) is 2.27. The molecule has 0 aliphatic rings. The molecule has 0 radical (unpaired) electrons. The second kappa shape index (κ2) is 5.61. The van der Waals surface area contributed by atoms with E-state index in [1.54, 1.807) is 0 Å². The fraction of sp³-hybridized carbons (Fsp3) is 1.00. The van der Waals surface area contributed by atoms with Crippen LogP contribution in [0.4, 0.5) is 0 Å². The molecule has 0 aromatic heterocycles. The van der Waals surface area contributed by atoms with Crippen LogP contribution in [0.5, 0.6) is 0 Å². The van der Waals surface area contributed by atoms with Crippen molar-refractivity contribution in [3.63, 3.8) is 0 Å². The summed E-state index contributed by atoms with van der Waals surface area (Å²) in [7, 11) is 0. The zero-order valence-corrected chi connectivity index (χ0v) is 6.12. The van der Waals surface area contributed by atoms with Crippen molar-refractivity contribution in [1.82, 2.24) is 5.48 Å². The monoisotopic (exact) mass is 149 g/mol. The molecule has 0 heterocycles. The topological polar surface area (TPSA) is 72.7 Å². The summed E-state index contributed by atoms with van der Waals surface area (Å²) in [5.41, 5.74) is 1.94. The third-order valence-corrected chi connectivity index (χ3v) is 1.42. The summed E-state index contributed by atoms with van der Waals surface area (Å²) in [5, 5.41) is 25.9. The van der Waals surface area contributed by atoms with E-state index >= 15 is 0 Å². The molecule has 4 nitrogen and oxygen atoms in total. The molecule has 0 aliphatic carbocycles. The highest BCUT2D eigenvalue weighted by Gasteiger charge is 2.15. The Bertz CT molecular complexity index is 79.4. The molecule has 0 spiro atoms. The maximum absolute atomic E-state index is 8.98. The second-order valence-corrected chi connectivity index (χ2v) is 2.27. The van der Waals surface area contributed by atoms with Gasteiger partial charge in [0.15, 0.2) is 0 Å². The third kappa shape index (κ3) is 3.12. The Morgan fingerprint density at radius 2 is 2.10 bits per heavy atom. The van der Waals surface area contributed by atoms with Gasteiger partial charge in [0.1, 0.15) is 0 Å². The van der Waals surface area contributed by atoms with Gasteiger partial charge in [-0.05, 0) is 6.42 Å². The molecule has 0 saturated heterocycles. The summed E-state index contributed by atoms with van der Waals surface area (Å²) in [6.45, 7) is 1.62. The molecule has 0 aliphatic heterocycles. The molecule has 62 valence electrons. The van der Waals surface area contributed by atoms with Crippen molar-refractivity contribution < 1.29 is 15.4 Å². The molecule has 0 fully saturated rings. The van der Waals surface area contributed by atoms with Gasteiger partial charge in [-0.15, -0.1) is 0 Å². The van der Waals surface area contributed by atoms with Crippen molar-refractivity contribution >= 4 is 0 Å². The van der Waals surface area contributed by atoms with Crippen LogP contribution in [-0.4, -0.2) is 34.2 Å². The van der Waals surface area contributed by atoms with E-state index in [-0.39, 0.29) is 6.61 Å². The van der Waals surface area contributed by atoms with E-state index in [4.69, 9.17) is 15.4 Å². The maximum atomic E-state index is 8.98. The van der Waals surface area contributed by atoms with Gasteiger partial charge < -0.3 is 15.4 Å². The van der Waals surface area contributed by atoms with Crippen molar-refractivity contribution in [2.45, 2.75) is 31.9 Å². The van der Waals surface area contributed by atoms with Crippen LogP contribution in [0.3, 0.4) is 0 Å². The zero-order chi connectivity index (χ0) is 7.98. The van der Waals surface area contributed by atoms with Gasteiger partial charge in [-0.25, -0.2) is 0 Å². The summed E-state index contributed by atoms with van der Waals surface area (Å²) < 4.78 is 0. The summed E-state index contributed by atoms with van der Waals surface area (Å²) >= 11 is 0. The number of aliphatic hydroxyl groups is 2. The molecule has 0 rings (SSSR count). The van der Waals surface area contributed by atoms with Gasteiger partial charge in [0.2, 0.25) is 0 Å². The first kappa shape index (κ1) is 9.84. The molecule has 0 saturated carbocycles. The Morgan fingerprint density at radius 3 is 2.40 bits per heavy atom. The van der Waals surface area contributed by atoms with Crippen LogP contribution in [0.15, 0.2) is 0 Å². The highest BCUT2D eigenvalue weighted by Crippen LogP contribution is 2.00. The van der Waals surface area contributed by atoms with Crippen LogP contribution in [0.2, 0.25) is 0 Å². The van der Waals surface area contributed by atoms with Gasteiger partial charge in [0.25, 0.3) is 0 Å². The summed E-state index contributed by atoms with van der Waals surface area (Å²) in [4.78, 5) is 0. The number of nitrogens with one attached hydrogen (secondary N) is 1. The van der Waals surface area contributed by atoms with E-state index in [9.17, 15) is 0 Å². The number of hydrogen-bond acceptors (Lipinski definition) is 4. The van der Waals surface area contributed by atoms with Crippen LogP contribution in [-0.2, 0) is 0 Å². The molecule has 0 aromatic carbocycles. The highest BCUT2D eigenvalue weighted by atomic mass is 16.5. The largest absolute Gasteiger partial charge is 0.394 e. The minimum atomic E-state index is -0.870. The average molecular weight is 149 g/mol. The quantitative estimate of drug-likeness (QED) is 0.397. The van der Waals surface area contributed by atoms with Crippen LogP contribution in [0.1, 0.15) is 19.8 Å². The van der Waals surface area contributed by atoms with Gasteiger partial charge in [-0.3, -0.25) is 0 Å². The maximum Gasteiger partial charge on any atom is 0.0946 e. The average Bonchev–Trinajstić information content (AvgIpc) is 1.99. The minimum absolute atomic E-state index is 0.321. The van der Waals surface area contributed by atoms with Gasteiger partial charge in [0.05, 0.1) is 18.8 Å². The lowest BCUT2D eigenvalue weighted by molar-refractivity contribution is 0.00556. The van der Waals surface area contributed by atoms with E-state index < -0.39 is 12.1 Å². The van der Waals surface area contributed by atoms with E-state index in [0.717, 1.165) is 6.42 Å². The lowest BCUT2D eigenvalue weighted by atomic mass is 10.1. The molecule has 0 amide bonds. The Morgan fingerprint density at radius 1 is 1.50 bits per heavy atom. The first-order chi connectivity index (χ1) is 4.76. The van der Waals surface area contributed by atoms with Gasteiger partial charge in [-0.2, -0.15) is 5.48 Å². The van der Waals surface area contributed by atoms with Crippen LogP contribution < -0.4 is 5.48 Å². The number of aliphatic hydroxyl groups excluding tert-OH is 2. The Hall–Kier alpha value is -0.160. The number of hydrogen-bond donors (Lipinski definition) is 4. The smallest absolute Gasteiger partial charge is 0.0946 e. The Kier molecular flexibility index (Phi) is 5.52. The SMILES string of the molecule is CCCC(NO)C(O)CO. The van der Waals surface area contributed by atoms with Gasteiger partial charge in [0, 0.05) is 0 Å². The third-order valence-electron chi connectivity index (χ3n) is 1.42. The fourth-order valence-corrected chi connectivity index (χ4v) is 0.781. The zero-order valence-electron chi connectivity index (χ0n) is 6.12. The predicted octanol–water partition coefficient (Wildman–Crippen LogP) is -0.513. The van der Waals surface area contributed by atoms with Crippen LogP contribution in [0.25, 0.3) is 0 Å². The Balaban J connectivity index is 3.56. The van der Waals surface area contributed by atoms with Crippen LogP contribution in [0, 0.1) is 0 Å². The van der Waals surface area contributed by atoms with Gasteiger partial charge in [-0.1, -0.05) is 13.3 Å². The predicted molar refractivity (Wildman–Crippen MR) is 36.7 cm³/mol. The standard InChI is InChI=1S/C6H15NO3/c1-2-3-5(7-10)6(9)4-8/h5-10H,2-4H2,1H3. The number of hydroxylamine groups is 1. The molecule has 10 heavy (non-hydrogen) atoms. The minimum Gasteiger partial charge on any atom is -0.394 e. The first-order valence-corrected chi connectivity index (χ1v) is 3.44. The van der Waals surface area contributed by atoms with Gasteiger partial charge >= 0.3 is 0 Å². The molecule has 0 aromatic rings. The molecule has 4 heteroatoms. The van der Waals surface area contributed by atoms with Crippen molar-refractivity contribution in [2.24, 2.45) is 0 Å². The van der Waals surface area contributed by atoms with Crippen molar-refractivity contribution in [3.05, 3.63) is 0 Å². The lowest BCUT2D eigenvalue weighted by Gasteiger charge is -2.18. The molecular weight excluding hydrogens is 134 g/mol. The molecule has 2 unspecified atom stereocenters. The number of rotatable bonds is 5. The van der Waals surface area contributed by atoms with E-state index in [2.05, 4.69) is 0 Å². The molecular formula is C6H15NO3. The molecule has 2 atom stereocenters. The van der Waals surface area contributed by atoms with E-state index in [1.165, 1.54) is 0 Å². The van der Waals surface area contributed by atoms with E-state index in [0.29, 0.717) is 6.42 Å². The Labute approximate surface area is 60.5 Å². The van der Waals surface area contributed by atoms with Crippen molar-refractivity contribution in [1.29, 1.82) is 0 Å². The normalized spacial score (nSPS) is 16.8. The molecule has 0 bridgehead atoms. The molecule has 4 N–H and O–H groups in total. The van der Waals surface area contributed by atoms with E-state index in [1.807, 2.05) is 12.4 Å². The fourth-order valence-electron chi connectivity index (χ4n) is 0.781. The summed E-state index contributed by atoms with van der Waals surface area (Å²) in [6, 6.07) is -0.407. The van der Waals surface area contributed by atoms with Crippen molar-refractivity contribution in [3.8, 4) is 0 Å². The highest BCUT2D eigenvalue weighted by molar-refractivity contribution is 4.70. The van der Waals surface area contributed by atoms with Crippen LogP contribution >= 0.6 is 0 Å². The summed E-state index contributed by atoms with van der Waals surface area (Å²) in [5.74, 6) is 0. The first-order valence-electron chi connectivity index (χ1n) is 3.44. The van der Waals surface area contributed by atoms with Crippen molar-refractivity contribution in [2.75, 3.05) is 6.61 Å².